The second-order valence-electron chi connectivity index (χ2n) is 15.6. The molecule has 2 heterocycles. The van der Waals surface area contributed by atoms with E-state index < -0.39 is 15.9 Å². The molecule has 3 aromatic carbocycles. The highest BCUT2D eigenvalue weighted by Crippen LogP contribution is 2.39. The van der Waals surface area contributed by atoms with Crippen molar-refractivity contribution in [2.75, 3.05) is 44.0 Å². The molecule has 2 amide bonds. The number of ether oxygens (including phenoxy) is 2. The molecule has 2 N–H and O–H groups in total. The van der Waals surface area contributed by atoms with Gasteiger partial charge in [-0.25, -0.2) is 13.2 Å². The number of sulfonamides is 1. The number of anilines is 2. The number of hydrogen-bond acceptors (Lipinski definition) is 10. The van der Waals surface area contributed by atoms with Gasteiger partial charge in [0.05, 0.1) is 29.7 Å². The molecule has 1 saturated heterocycles. The van der Waals surface area contributed by atoms with E-state index in [0.717, 1.165) is 73.2 Å². The van der Waals surface area contributed by atoms with E-state index in [2.05, 4.69) is 29.4 Å². The van der Waals surface area contributed by atoms with Crippen molar-refractivity contribution in [3.63, 3.8) is 0 Å². The third kappa shape index (κ3) is 11.1. The SMILES string of the molecule is CCOC(=O)CCCN(C1CCN(C(C)C)CC1)S(=O)(=O)c1cccc(C(=O)Nc2sc3c(c2C(=O)Nc2ccc(CCc4ccc(C(=O)OC)cc4)cc2)CCCC3)c1. The lowest BCUT2D eigenvalue weighted by molar-refractivity contribution is -0.143. The molecule has 0 spiro atoms. The van der Waals surface area contributed by atoms with Gasteiger partial charge in [0.25, 0.3) is 11.8 Å². The predicted octanol–water partition coefficient (Wildman–Crippen LogP) is 7.91. The quantitative estimate of drug-likeness (QED) is 0.101. The predicted molar refractivity (Wildman–Crippen MR) is 234 cm³/mol. The maximum Gasteiger partial charge on any atom is 0.337 e. The van der Waals surface area contributed by atoms with Gasteiger partial charge in [-0.3, -0.25) is 14.4 Å². The second-order valence-corrected chi connectivity index (χ2v) is 18.6. The lowest BCUT2D eigenvalue weighted by atomic mass is 9.95. The molecule has 60 heavy (non-hydrogen) atoms. The average molecular weight is 857 g/mol. The molecule has 14 heteroatoms. The van der Waals surface area contributed by atoms with Gasteiger partial charge >= 0.3 is 11.9 Å². The first kappa shape index (κ1) is 44.7. The molecule has 12 nitrogen and oxygen atoms in total. The fourth-order valence-corrected chi connectivity index (χ4v) is 11.0. The van der Waals surface area contributed by atoms with E-state index in [-0.39, 0.29) is 53.9 Å². The van der Waals surface area contributed by atoms with Crippen LogP contribution in [-0.2, 0) is 50.0 Å². The van der Waals surface area contributed by atoms with E-state index >= 15 is 0 Å². The number of carbonyl (C=O) groups is 4. The number of fused-ring (bicyclic) bond motifs is 1. The lowest BCUT2D eigenvalue weighted by Gasteiger charge is -2.39. The van der Waals surface area contributed by atoms with Crippen molar-refractivity contribution in [2.24, 2.45) is 0 Å². The fraction of sp³-hybridized carbons (Fsp3) is 0.435. The molecule has 1 aliphatic carbocycles. The monoisotopic (exact) mass is 856 g/mol. The zero-order valence-corrected chi connectivity index (χ0v) is 36.6. The first-order chi connectivity index (χ1) is 28.9. The Morgan fingerprint density at radius 3 is 2.18 bits per heavy atom. The summed E-state index contributed by atoms with van der Waals surface area (Å²) in [6.45, 7) is 7.94. The third-order valence-corrected chi connectivity index (χ3v) is 14.5. The number of nitrogens with one attached hydrogen (secondary N) is 2. The zero-order valence-electron chi connectivity index (χ0n) is 35.0. The van der Waals surface area contributed by atoms with Crippen molar-refractivity contribution >= 4 is 55.8 Å². The smallest absolute Gasteiger partial charge is 0.337 e. The van der Waals surface area contributed by atoms with Crippen LogP contribution in [0.1, 0.15) is 112 Å². The minimum Gasteiger partial charge on any atom is -0.466 e. The molecule has 0 saturated carbocycles. The summed E-state index contributed by atoms with van der Waals surface area (Å²) in [5.41, 5.74) is 4.84. The number of likely N-dealkylation sites (tertiary alicyclic amines) is 1. The van der Waals surface area contributed by atoms with Crippen molar-refractivity contribution in [1.29, 1.82) is 0 Å². The Morgan fingerprint density at radius 1 is 0.867 bits per heavy atom. The van der Waals surface area contributed by atoms with Crippen LogP contribution in [0.4, 0.5) is 10.7 Å². The van der Waals surface area contributed by atoms with Crippen LogP contribution in [0.2, 0.25) is 0 Å². The van der Waals surface area contributed by atoms with Crippen LogP contribution in [0.25, 0.3) is 0 Å². The van der Waals surface area contributed by atoms with Gasteiger partial charge in [0.2, 0.25) is 10.0 Å². The third-order valence-electron chi connectivity index (χ3n) is 11.3. The largest absolute Gasteiger partial charge is 0.466 e. The molecule has 1 aliphatic heterocycles. The fourth-order valence-electron chi connectivity index (χ4n) is 7.97. The normalized spacial score (nSPS) is 14.8. The van der Waals surface area contributed by atoms with Crippen LogP contribution < -0.4 is 10.6 Å². The van der Waals surface area contributed by atoms with Crippen molar-refractivity contribution in [1.82, 2.24) is 9.21 Å². The van der Waals surface area contributed by atoms with Crippen LogP contribution in [-0.4, -0.2) is 86.8 Å². The number of esters is 2. The number of rotatable bonds is 17. The minimum atomic E-state index is -4.06. The Kier molecular flexibility index (Phi) is 15.3. The molecule has 4 aromatic rings. The highest BCUT2D eigenvalue weighted by Gasteiger charge is 2.35. The standard InChI is InChI=1S/C46H56N4O8S2/c1-5-58-41(51)14-9-27-50(37-25-28-49(29-26-37)31(2)3)60(55,56)38-11-8-10-35(30-38)43(52)48-45-42(39-12-6-7-13-40(39)59-45)44(53)47-36-23-19-33(20-24-36)16-15-32-17-21-34(22-18-32)46(54)57-4/h8,10-11,17-24,30-31,37H,5-7,9,12-16,25-29H2,1-4H3,(H,47,53)(H,48,52). The Bertz CT molecular complexity index is 2250. The highest BCUT2D eigenvalue weighted by atomic mass is 32.2. The Labute approximate surface area is 357 Å². The molecule has 6 rings (SSSR count). The van der Waals surface area contributed by atoms with Crippen molar-refractivity contribution in [3.05, 3.63) is 111 Å². The van der Waals surface area contributed by atoms with Gasteiger partial charge in [-0.2, -0.15) is 4.31 Å². The molecule has 1 fully saturated rings. The molecule has 320 valence electrons. The Balaban J connectivity index is 1.16. The molecular weight excluding hydrogens is 801 g/mol. The highest BCUT2D eigenvalue weighted by molar-refractivity contribution is 7.89. The first-order valence-electron chi connectivity index (χ1n) is 20.9. The van der Waals surface area contributed by atoms with Gasteiger partial charge in [-0.05, 0) is 151 Å². The number of methoxy groups -OCH3 is 1. The summed E-state index contributed by atoms with van der Waals surface area (Å²) >= 11 is 1.40. The van der Waals surface area contributed by atoms with E-state index in [0.29, 0.717) is 47.1 Å². The van der Waals surface area contributed by atoms with Crippen LogP contribution in [0.15, 0.2) is 77.7 Å². The van der Waals surface area contributed by atoms with Crippen LogP contribution in [0, 0.1) is 0 Å². The number of nitrogens with zero attached hydrogens (tertiary/aromatic N) is 2. The van der Waals surface area contributed by atoms with Gasteiger partial charge in [-0.15, -0.1) is 11.3 Å². The topological polar surface area (TPSA) is 151 Å². The average Bonchev–Trinajstić information content (AvgIpc) is 3.62. The summed E-state index contributed by atoms with van der Waals surface area (Å²) in [5.74, 6) is -1.56. The lowest BCUT2D eigenvalue weighted by Crippen LogP contribution is -2.49. The van der Waals surface area contributed by atoms with E-state index in [1.54, 1.807) is 31.2 Å². The maximum absolute atomic E-state index is 14.4. The van der Waals surface area contributed by atoms with Crippen molar-refractivity contribution < 1.29 is 37.1 Å². The molecule has 1 aromatic heterocycles. The summed E-state index contributed by atoms with van der Waals surface area (Å²) in [7, 11) is -2.70. The Morgan fingerprint density at radius 2 is 1.53 bits per heavy atom. The molecule has 0 bridgehead atoms. The van der Waals surface area contributed by atoms with Crippen LogP contribution in [0.3, 0.4) is 0 Å². The summed E-state index contributed by atoms with van der Waals surface area (Å²) in [6.07, 6.45) is 6.75. The van der Waals surface area contributed by atoms with Gasteiger partial charge < -0.3 is 25.0 Å². The maximum atomic E-state index is 14.4. The number of aryl methyl sites for hydroxylation is 3. The minimum absolute atomic E-state index is 0.000863. The molecule has 2 aliphatic rings. The van der Waals surface area contributed by atoms with E-state index in [1.165, 1.54) is 34.9 Å². The van der Waals surface area contributed by atoms with Gasteiger partial charge in [0.15, 0.2) is 0 Å². The van der Waals surface area contributed by atoms with Crippen molar-refractivity contribution in [2.45, 2.75) is 102 Å². The van der Waals surface area contributed by atoms with Gasteiger partial charge in [0, 0.05) is 41.2 Å². The van der Waals surface area contributed by atoms with Crippen LogP contribution >= 0.6 is 11.3 Å². The van der Waals surface area contributed by atoms with E-state index in [9.17, 15) is 27.6 Å². The van der Waals surface area contributed by atoms with Gasteiger partial charge in [-0.1, -0.05) is 30.3 Å². The Hall–Kier alpha value is -4.89. The molecule has 0 atom stereocenters. The number of carbonyl (C=O) groups excluding carboxylic acids is 4. The summed E-state index contributed by atoms with van der Waals surface area (Å²) in [5, 5.41) is 6.45. The van der Waals surface area contributed by atoms with Gasteiger partial charge in [0.1, 0.15) is 5.00 Å². The number of amides is 2. The molecule has 0 unspecified atom stereocenters. The summed E-state index contributed by atoms with van der Waals surface area (Å²) in [6, 6.07) is 21.2. The first-order valence-corrected chi connectivity index (χ1v) is 23.2. The second kappa shape index (κ2) is 20.6. The zero-order chi connectivity index (χ0) is 42.8. The number of benzene rings is 3. The molecular formula is C46H56N4O8S2. The summed E-state index contributed by atoms with van der Waals surface area (Å²) < 4.78 is 40.2. The molecule has 0 radical (unpaired) electrons. The number of piperidine rings is 1. The van der Waals surface area contributed by atoms with Crippen LogP contribution in [0.5, 0.6) is 0 Å². The summed E-state index contributed by atoms with van der Waals surface area (Å²) in [4.78, 5) is 55.3. The van der Waals surface area contributed by atoms with Crippen molar-refractivity contribution in [3.8, 4) is 0 Å². The number of hydrogen-bond donors (Lipinski definition) is 2. The van der Waals surface area contributed by atoms with E-state index in [1.807, 2.05) is 36.4 Å². The van der Waals surface area contributed by atoms with E-state index in [4.69, 9.17) is 9.47 Å². The number of thiophene rings is 1.